The highest BCUT2D eigenvalue weighted by molar-refractivity contribution is 8.93. The highest BCUT2D eigenvalue weighted by Gasteiger charge is 2.21. The van der Waals surface area contributed by atoms with Gasteiger partial charge in [-0.25, -0.2) is 0 Å². The molecule has 2 aromatic rings. The minimum Gasteiger partial charge on any atom is -0.492 e. The standard InChI is InChI=1S/C11H9NO3.BrH/c1-13-10-8-5-12-3-2-7(8)4-9-11(10)15-6-14-9;/h2-5H,6H2,1H3;1H. The molecule has 1 aromatic heterocycles. The van der Waals surface area contributed by atoms with Gasteiger partial charge in [-0.05, 0) is 17.5 Å². The van der Waals surface area contributed by atoms with Gasteiger partial charge in [-0.2, -0.15) is 0 Å². The highest BCUT2D eigenvalue weighted by atomic mass is 79.9. The van der Waals surface area contributed by atoms with Crippen molar-refractivity contribution < 1.29 is 14.2 Å². The number of hydrogen-bond acceptors (Lipinski definition) is 4. The third-order valence-corrected chi connectivity index (χ3v) is 2.44. The quantitative estimate of drug-likeness (QED) is 0.807. The molecular weight excluding hydrogens is 274 g/mol. The minimum absolute atomic E-state index is 0. The molecule has 0 radical (unpaired) electrons. The van der Waals surface area contributed by atoms with Crippen LogP contribution in [-0.2, 0) is 0 Å². The Bertz CT molecular complexity index is 530. The van der Waals surface area contributed by atoms with Crippen LogP contribution in [0, 0.1) is 0 Å². The summed E-state index contributed by atoms with van der Waals surface area (Å²) in [6, 6.07) is 3.85. The predicted molar refractivity (Wildman–Crippen MR) is 64.7 cm³/mol. The first-order chi connectivity index (χ1) is 7.40. The molecule has 0 unspecified atom stereocenters. The van der Waals surface area contributed by atoms with Gasteiger partial charge in [0.25, 0.3) is 0 Å². The van der Waals surface area contributed by atoms with Crippen molar-refractivity contribution in [1.82, 2.24) is 4.98 Å². The maximum Gasteiger partial charge on any atom is 0.231 e. The van der Waals surface area contributed by atoms with Crippen LogP contribution in [-0.4, -0.2) is 18.9 Å². The van der Waals surface area contributed by atoms with Crippen molar-refractivity contribution in [1.29, 1.82) is 0 Å². The van der Waals surface area contributed by atoms with E-state index in [4.69, 9.17) is 14.2 Å². The Labute approximate surface area is 103 Å². The van der Waals surface area contributed by atoms with Crippen molar-refractivity contribution in [3.05, 3.63) is 24.5 Å². The molecule has 0 saturated carbocycles. The largest absolute Gasteiger partial charge is 0.492 e. The maximum absolute atomic E-state index is 5.35. The van der Waals surface area contributed by atoms with Crippen LogP contribution in [0.2, 0.25) is 0 Å². The van der Waals surface area contributed by atoms with Gasteiger partial charge in [0.2, 0.25) is 12.5 Å². The van der Waals surface area contributed by atoms with Crippen molar-refractivity contribution in [2.24, 2.45) is 0 Å². The van der Waals surface area contributed by atoms with E-state index in [1.807, 2.05) is 12.1 Å². The van der Waals surface area contributed by atoms with E-state index in [0.717, 1.165) is 16.5 Å². The zero-order valence-electron chi connectivity index (χ0n) is 8.60. The average molecular weight is 284 g/mol. The molecule has 0 N–H and O–H groups in total. The lowest BCUT2D eigenvalue weighted by atomic mass is 10.1. The summed E-state index contributed by atoms with van der Waals surface area (Å²) in [5, 5.41) is 1.97. The van der Waals surface area contributed by atoms with E-state index in [2.05, 4.69) is 4.98 Å². The van der Waals surface area contributed by atoms with E-state index in [1.54, 1.807) is 19.5 Å². The Kier molecular flexibility index (Phi) is 2.87. The summed E-state index contributed by atoms with van der Waals surface area (Å²) in [6.45, 7) is 0.245. The third kappa shape index (κ3) is 1.48. The van der Waals surface area contributed by atoms with Crippen LogP contribution in [0.3, 0.4) is 0 Å². The Morgan fingerprint density at radius 1 is 1.38 bits per heavy atom. The van der Waals surface area contributed by atoms with Crippen LogP contribution in [0.1, 0.15) is 0 Å². The molecule has 0 amide bonds. The molecule has 1 aliphatic rings. The van der Waals surface area contributed by atoms with Crippen molar-refractivity contribution in [3.63, 3.8) is 0 Å². The first-order valence-corrected chi connectivity index (χ1v) is 4.60. The molecule has 1 aliphatic heterocycles. The summed E-state index contributed by atoms with van der Waals surface area (Å²) < 4.78 is 16.0. The van der Waals surface area contributed by atoms with Gasteiger partial charge in [0.1, 0.15) is 0 Å². The van der Waals surface area contributed by atoms with Gasteiger partial charge in [0.15, 0.2) is 11.5 Å². The molecule has 2 heterocycles. The van der Waals surface area contributed by atoms with E-state index in [1.165, 1.54) is 0 Å². The number of pyridine rings is 1. The lowest BCUT2D eigenvalue weighted by Gasteiger charge is -2.07. The minimum atomic E-state index is 0. The summed E-state index contributed by atoms with van der Waals surface area (Å²) in [7, 11) is 1.61. The molecule has 0 bridgehead atoms. The molecule has 0 saturated heterocycles. The normalized spacial score (nSPS) is 12.3. The zero-order chi connectivity index (χ0) is 10.3. The van der Waals surface area contributed by atoms with E-state index in [0.29, 0.717) is 11.5 Å². The van der Waals surface area contributed by atoms with Crippen LogP contribution in [0.25, 0.3) is 10.8 Å². The molecule has 5 heteroatoms. The van der Waals surface area contributed by atoms with E-state index < -0.39 is 0 Å². The fourth-order valence-corrected chi connectivity index (χ4v) is 1.76. The molecule has 0 aliphatic carbocycles. The van der Waals surface area contributed by atoms with Crippen molar-refractivity contribution in [2.45, 2.75) is 0 Å². The lowest BCUT2D eigenvalue weighted by molar-refractivity contribution is 0.171. The second kappa shape index (κ2) is 4.17. The fraction of sp³-hybridized carbons (Fsp3) is 0.182. The summed E-state index contributed by atoms with van der Waals surface area (Å²) in [4.78, 5) is 4.07. The van der Waals surface area contributed by atoms with E-state index in [-0.39, 0.29) is 23.8 Å². The highest BCUT2D eigenvalue weighted by Crippen LogP contribution is 2.45. The molecule has 3 rings (SSSR count). The zero-order valence-corrected chi connectivity index (χ0v) is 10.3. The van der Waals surface area contributed by atoms with Gasteiger partial charge in [-0.3, -0.25) is 4.98 Å². The molecule has 16 heavy (non-hydrogen) atoms. The van der Waals surface area contributed by atoms with Gasteiger partial charge in [-0.15, -0.1) is 17.0 Å². The molecular formula is C11H10BrNO3. The lowest BCUT2D eigenvalue weighted by Crippen LogP contribution is -1.94. The first kappa shape index (κ1) is 11.0. The van der Waals surface area contributed by atoms with E-state index in [9.17, 15) is 0 Å². The Morgan fingerprint density at radius 3 is 3.06 bits per heavy atom. The summed E-state index contributed by atoms with van der Waals surface area (Å²) in [6.07, 6.45) is 3.50. The van der Waals surface area contributed by atoms with E-state index >= 15 is 0 Å². The SMILES string of the molecule is Br.COc1c2c(cc3ccncc13)OCO2. The molecule has 0 atom stereocenters. The van der Waals surface area contributed by atoms with Crippen molar-refractivity contribution >= 4 is 27.8 Å². The van der Waals surface area contributed by atoms with Crippen LogP contribution in [0.15, 0.2) is 24.5 Å². The molecule has 84 valence electrons. The number of methoxy groups -OCH3 is 1. The van der Waals surface area contributed by atoms with Crippen LogP contribution in [0.5, 0.6) is 17.2 Å². The Balaban J connectivity index is 0.000000963. The third-order valence-electron chi connectivity index (χ3n) is 2.44. The molecule has 4 nitrogen and oxygen atoms in total. The molecule has 1 aromatic carbocycles. The maximum atomic E-state index is 5.35. The first-order valence-electron chi connectivity index (χ1n) is 4.60. The van der Waals surface area contributed by atoms with Gasteiger partial charge < -0.3 is 14.2 Å². The number of fused-ring (bicyclic) bond motifs is 2. The second-order valence-electron chi connectivity index (χ2n) is 3.24. The van der Waals surface area contributed by atoms with Crippen LogP contribution in [0.4, 0.5) is 0 Å². The Morgan fingerprint density at radius 2 is 2.25 bits per heavy atom. The number of nitrogens with zero attached hydrogens (tertiary/aromatic N) is 1. The van der Waals surface area contributed by atoms with Crippen LogP contribution < -0.4 is 14.2 Å². The smallest absolute Gasteiger partial charge is 0.231 e. The average Bonchev–Trinajstić information content (AvgIpc) is 2.73. The monoisotopic (exact) mass is 283 g/mol. The van der Waals surface area contributed by atoms with Gasteiger partial charge >= 0.3 is 0 Å². The van der Waals surface area contributed by atoms with Gasteiger partial charge in [0, 0.05) is 17.8 Å². The number of halogens is 1. The number of hydrogen-bond donors (Lipinski definition) is 0. The number of aromatic nitrogens is 1. The van der Waals surface area contributed by atoms with Crippen LogP contribution >= 0.6 is 17.0 Å². The topological polar surface area (TPSA) is 40.6 Å². The Hall–Kier alpha value is -1.49. The van der Waals surface area contributed by atoms with Gasteiger partial charge in [-0.1, -0.05) is 0 Å². The number of rotatable bonds is 1. The van der Waals surface area contributed by atoms with Crippen molar-refractivity contribution in [2.75, 3.05) is 13.9 Å². The predicted octanol–water partition coefficient (Wildman–Crippen LogP) is 2.55. The molecule has 0 fully saturated rings. The molecule has 0 spiro atoms. The fourth-order valence-electron chi connectivity index (χ4n) is 1.76. The second-order valence-corrected chi connectivity index (χ2v) is 3.24. The van der Waals surface area contributed by atoms with Gasteiger partial charge in [0.05, 0.1) is 7.11 Å². The van der Waals surface area contributed by atoms with Crippen molar-refractivity contribution in [3.8, 4) is 17.2 Å². The number of benzene rings is 1. The number of ether oxygens (including phenoxy) is 3. The summed E-state index contributed by atoms with van der Waals surface area (Å²) in [5.41, 5.74) is 0. The summed E-state index contributed by atoms with van der Waals surface area (Å²) >= 11 is 0. The summed E-state index contributed by atoms with van der Waals surface area (Å²) in [5.74, 6) is 2.08.